The second-order valence-corrected chi connectivity index (χ2v) is 4.89. The van der Waals surface area contributed by atoms with Gasteiger partial charge in [-0.1, -0.05) is 32.6 Å². The van der Waals surface area contributed by atoms with Crippen LogP contribution >= 0.6 is 0 Å². The maximum absolute atomic E-state index is 9.75. The second kappa shape index (κ2) is 10.1. The zero-order valence-corrected chi connectivity index (χ0v) is 11.9. The molecule has 0 amide bonds. The van der Waals surface area contributed by atoms with Crippen molar-refractivity contribution in [1.82, 2.24) is 4.90 Å². The molecule has 0 spiro atoms. The molecule has 0 unspecified atom stereocenters. The molecule has 0 radical (unpaired) electrons. The highest BCUT2D eigenvalue weighted by Gasteiger charge is 2.20. The Hall–Kier alpha value is -0.745. The van der Waals surface area contributed by atoms with Crippen molar-refractivity contribution < 1.29 is 21.8 Å². The van der Waals surface area contributed by atoms with Gasteiger partial charge in [0.1, 0.15) is 13.1 Å². The summed E-state index contributed by atoms with van der Waals surface area (Å²) < 4.78 is 41.3. The van der Waals surface area contributed by atoms with Crippen LogP contribution in [0.5, 0.6) is 0 Å². The summed E-state index contributed by atoms with van der Waals surface area (Å²) in [4.78, 5) is 2.44. The smallest absolute Gasteiger partial charge is 0.418 e. The first-order valence-electron chi connectivity index (χ1n) is 6.99. The highest BCUT2D eigenvalue weighted by atomic mass is 19.5. The van der Waals surface area contributed by atoms with Gasteiger partial charge in [-0.3, -0.25) is 9.48 Å². The summed E-state index contributed by atoms with van der Waals surface area (Å²) in [6.45, 7) is 5.97. The van der Waals surface area contributed by atoms with Gasteiger partial charge in [0.15, 0.2) is 0 Å². The first kappa shape index (κ1) is 18.3. The molecule has 0 aromatic rings. The topological polar surface area (TPSA) is 6.25 Å². The molecule has 2 nitrogen and oxygen atoms in total. The van der Waals surface area contributed by atoms with Crippen LogP contribution in [-0.2, 0) is 0 Å². The Morgan fingerprint density at radius 3 is 2.05 bits per heavy atom. The molecular formula is C12H25BF4N2. The van der Waals surface area contributed by atoms with E-state index in [4.69, 9.17) is 0 Å². The Kier molecular flexibility index (Phi) is 9.70. The van der Waals surface area contributed by atoms with E-state index in [0.29, 0.717) is 0 Å². The van der Waals surface area contributed by atoms with Crippen molar-refractivity contribution in [3.05, 3.63) is 0 Å². The molecule has 0 aliphatic carbocycles. The van der Waals surface area contributed by atoms with Gasteiger partial charge in [-0.05, 0) is 12.8 Å². The van der Waals surface area contributed by atoms with E-state index in [9.17, 15) is 17.3 Å². The Bertz CT molecular complexity index is 251. The first-order chi connectivity index (χ1) is 8.83. The van der Waals surface area contributed by atoms with E-state index in [-0.39, 0.29) is 0 Å². The molecule has 0 N–H and O–H groups in total. The van der Waals surface area contributed by atoms with Crippen molar-refractivity contribution in [2.24, 2.45) is 0 Å². The van der Waals surface area contributed by atoms with Crippen LogP contribution in [0.1, 0.15) is 45.4 Å². The lowest BCUT2D eigenvalue weighted by atomic mass is 10.1. The SMILES string of the molecule is CCCCCCCCN1C=[N+](C)CC1.F[B-](F)(F)F. The van der Waals surface area contributed by atoms with Gasteiger partial charge in [0, 0.05) is 0 Å². The third-order valence-electron chi connectivity index (χ3n) is 2.90. The van der Waals surface area contributed by atoms with Gasteiger partial charge in [-0.25, -0.2) is 0 Å². The minimum absolute atomic E-state index is 1.20. The molecule has 7 heteroatoms. The van der Waals surface area contributed by atoms with Crippen LogP contribution in [0.25, 0.3) is 0 Å². The third-order valence-corrected chi connectivity index (χ3v) is 2.90. The van der Waals surface area contributed by atoms with Crippen molar-refractivity contribution in [2.75, 3.05) is 26.7 Å². The summed E-state index contributed by atoms with van der Waals surface area (Å²) in [5.41, 5.74) is 0. The Balaban J connectivity index is 0.000000555. The standard InChI is InChI=1S/C12H25N2.BF4/c1-3-4-5-6-7-8-9-14-11-10-13(2)12-14;2-1(3,4)5/h12H,3-11H2,1-2H3;/q+1;-1. The molecule has 0 saturated heterocycles. The van der Waals surface area contributed by atoms with Crippen molar-refractivity contribution in [1.29, 1.82) is 0 Å². The molecule has 1 aliphatic heterocycles. The monoisotopic (exact) mass is 284 g/mol. The molecule has 0 fully saturated rings. The number of hydrogen-bond acceptors (Lipinski definition) is 1. The lowest BCUT2D eigenvalue weighted by molar-refractivity contribution is -0.482. The molecule has 0 aromatic carbocycles. The third kappa shape index (κ3) is 15.2. The van der Waals surface area contributed by atoms with Gasteiger partial charge in [0.05, 0.1) is 13.6 Å². The molecule has 1 rings (SSSR count). The summed E-state index contributed by atoms with van der Waals surface area (Å²) in [7, 11) is -3.85. The minimum atomic E-state index is -6.00. The average Bonchev–Trinajstić information content (AvgIpc) is 2.67. The minimum Gasteiger partial charge on any atom is -0.418 e. The fourth-order valence-corrected chi connectivity index (χ4v) is 1.95. The second-order valence-electron chi connectivity index (χ2n) is 4.89. The van der Waals surface area contributed by atoms with Crippen LogP contribution in [0.3, 0.4) is 0 Å². The lowest BCUT2D eigenvalue weighted by Gasteiger charge is -2.05. The molecule has 0 bridgehead atoms. The fourth-order valence-electron chi connectivity index (χ4n) is 1.95. The van der Waals surface area contributed by atoms with E-state index >= 15 is 0 Å². The number of hydrogen-bond donors (Lipinski definition) is 0. The van der Waals surface area contributed by atoms with E-state index in [2.05, 4.69) is 29.8 Å². The molecule has 0 atom stereocenters. The largest absolute Gasteiger partial charge is 0.673 e. The normalized spacial score (nSPS) is 15.1. The summed E-state index contributed by atoms with van der Waals surface area (Å²) in [6.07, 6.45) is 10.7. The number of rotatable bonds is 7. The molecule has 19 heavy (non-hydrogen) atoms. The van der Waals surface area contributed by atoms with Gasteiger partial charge in [-0.2, -0.15) is 0 Å². The lowest BCUT2D eigenvalue weighted by Crippen LogP contribution is -2.20. The van der Waals surface area contributed by atoms with Gasteiger partial charge < -0.3 is 17.3 Å². The predicted octanol–water partition coefficient (Wildman–Crippen LogP) is 3.63. The fraction of sp³-hybridized carbons (Fsp3) is 0.917. The van der Waals surface area contributed by atoms with Crippen LogP contribution in [0.4, 0.5) is 17.3 Å². The number of unbranched alkanes of at least 4 members (excludes halogenated alkanes) is 5. The van der Waals surface area contributed by atoms with E-state index in [0.717, 1.165) is 0 Å². The van der Waals surface area contributed by atoms with Gasteiger partial charge in [0.2, 0.25) is 6.34 Å². The van der Waals surface area contributed by atoms with Crippen molar-refractivity contribution >= 4 is 13.6 Å². The van der Waals surface area contributed by atoms with Crippen LogP contribution in [0.15, 0.2) is 0 Å². The van der Waals surface area contributed by atoms with Gasteiger partial charge in [-0.15, -0.1) is 0 Å². The molecular weight excluding hydrogens is 259 g/mol. The number of nitrogens with zero attached hydrogens (tertiary/aromatic N) is 2. The first-order valence-corrected chi connectivity index (χ1v) is 6.99. The quantitative estimate of drug-likeness (QED) is 0.299. The Morgan fingerprint density at radius 2 is 1.58 bits per heavy atom. The van der Waals surface area contributed by atoms with Crippen molar-refractivity contribution in [2.45, 2.75) is 45.4 Å². The van der Waals surface area contributed by atoms with Crippen LogP contribution in [0, 0.1) is 0 Å². The summed E-state index contributed by atoms with van der Waals surface area (Å²) in [5.74, 6) is 0. The van der Waals surface area contributed by atoms with Crippen molar-refractivity contribution in [3.63, 3.8) is 0 Å². The van der Waals surface area contributed by atoms with E-state index < -0.39 is 7.25 Å². The van der Waals surface area contributed by atoms with E-state index in [1.165, 1.54) is 58.2 Å². The highest BCUT2D eigenvalue weighted by molar-refractivity contribution is 6.50. The summed E-state index contributed by atoms with van der Waals surface area (Å²) >= 11 is 0. The molecule has 114 valence electrons. The van der Waals surface area contributed by atoms with Crippen LogP contribution in [-0.4, -0.2) is 49.8 Å². The van der Waals surface area contributed by atoms with E-state index in [1.807, 2.05) is 0 Å². The Labute approximate surface area is 113 Å². The maximum Gasteiger partial charge on any atom is 0.673 e. The maximum atomic E-state index is 9.75. The zero-order valence-electron chi connectivity index (χ0n) is 11.9. The van der Waals surface area contributed by atoms with Crippen LogP contribution < -0.4 is 0 Å². The number of halogens is 4. The average molecular weight is 284 g/mol. The predicted molar refractivity (Wildman–Crippen MR) is 72.3 cm³/mol. The van der Waals surface area contributed by atoms with Crippen molar-refractivity contribution in [3.8, 4) is 0 Å². The van der Waals surface area contributed by atoms with E-state index in [1.54, 1.807) is 0 Å². The molecule has 1 aliphatic rings. The highest BCUT2D eigenvalue weighted by Crippen LogP contribution is 2.07. The molecule has 0 saturated carbocycles. The zero-order chi connectivity index (χ0) is 14.7. The van der Waals surface area contributed by atoms with Crippen LogP contribution in [0.2, 0.25) is 0 Å². The van der Waals surface area contributed by atoms with Gasteiger partial charge >= 0.3 is 7.25 Å². The summed E-state index contributed by atoms with van der Waals surface area (Å²) in [5, 5.41) is 0. The van der Waals surface area contributed by atoms with Gasteiger partial charge in [0.25, 0.3) is 0 Å². The molecule has 1 heterocycles. The Morgan fingerprint density at radius 1 is 1.05 bits per heavy atom. The molecule has 0 aromatic heterocycles. The number of likely N-dealkylation sites (N-methyl/N-ethyl adjacent to an activating group) is 1. The summed E-state index contributed by atoms with van der Waals surface area (Å²) in [6, 6.07) is 0.